The van der Waals surface area contributed by atoms with Crippen molar-refractivity contribution in [2.45, 2.75) is 25.8 Å². The van der Waals surface area contributed by atoms with Crippen molar-refractivity contribution in [2.24, 2.45) is 0 Å². The molecule has 1 rings (SSSR count). The Morgan fingerprint density at radius 3 is 2.18 bits per heavy atom. The van der Waals surface area contributed by atoms with E-state index in [1.165, 1.54) is 4.31 Å². The van der Waals surface area contributed by atoms with Gasteiger partial charge in [-0.1, -0.05) is 0 Å². The summed E-state index contributed by atoms with van der Waals surface area (Å²) in [5.74, 6) is 0.0349. The first-order chi connectivity index (χ1) is 7.80. The van der Waals surface area contributed by atoms with Crippen LogP contribution in [-0.2, 0) is 20.0 Å². The summed E-state index contributed by atoms with van der Waals surface area (Å²) in [5.41, 5.74) is 0. The van der Waals surface area contributed by atoms with Gasteiger partial charge < -0.3 is 0 Å². The van der Waals surface area contributed by atoms with E-state index < -0.39 is 25.3 Å². The summed E-state index contributed by atoms with van der Waals surface area (Å²) in [6.45, 7) is 2.19. The van der Waals surface area contributed by atoms with Crippen LogP contribution in [0.2, 0.25) is 0 Å². The highest BCUT2D eigenvalue weighted by atomic mass is 35.5. The van der Waals surface area contributed by atoms with Gasteiger partial charge in [-0.05, 0) is 19.8 Å². The van der Waals surface area contributed by atoms with E-state index in [0.717, 1.165) is 0 Å². The molecule has 1 aliphatic rings. The Kier molecular flexibility index (Phi) is 5.21. The number of sulfonamides is 2. The highest BCUT2D eigenvalue weighted by Gasteiger charge is 2.28. The van der Waals surface area contributed by atoms with Crippen LogP contribution in [0.3, 0.4) is 0 Å². The third-order valence-electron chi connectivity index (χ3n) is 2.71. The van der Waals surface area contributed by atoms with Crippen molar-refractivity contribution in [1.82, 2.24) is 9.03 Å². The van der Waals surface area contributed by atoms with Crippen molar-refractivity contribution in [3.63, 3.8) is 0 Å². The maximum Gasteiger partial charge on any atom is 0.228 e. The third-order valence-corrected chi connectivity index (χ3v) is 6.42. The predicted molar refractivity (Wildman–Crippen MR) is 66.8 cm³/mol. The molecule has 1 saturated heterocycles. The van der Waals surface area contributed by atoms with Gasteiger partial charge in [-0.15, -0.1) is 11.6 Å². The number of nitrogens with one attached hydrogen (secondary N) is 1. The number of piperidine rings is 1. The minimum Gasteiger partial charge on any atom is -0.212 e. The predicted octanol–water partition coefficient (Wildman–Crippen LogP) is -0.0838. The summed E-state index contributed by atoms with van der Waals surface area (Å²) in [7, 11) is -6.59. The molecule has 0 unspecified atom stereocenters. The molecule has 0 amide bonds. The van der Waals surface area contributed by atoms with Crippen LogP contribution in [-0.4, -0.2) is 51.2 Å². The zero-order chi connectivity index (χ0) is 13.1. The van der Waals surface area contributed by atoms with Gasteiger partial charge in [0, 0.05) is 19.1 Å². The monoisotopic (exact) mass is 304 g/mol. The van der Waals surface area contributed by atoms with Crippen LogP contribution < -0.4 is 4.72 Å². The SMILES string of the molecule is CCS(=O)(=O)NC1CCN(S(=O)(=O)CCl)CC1. The molecule has 17 heavy (non-hydrogen) atoms. The Morgan fingerprint density at radius 1 is 1.24 bits per heavy atom. The zero-order valence-electron chi connectivity index (χ0n) is 9.59. The second-order valence-electron chi connectivity index (χ2n) is 3.92. The number of rotatable bonds is 5. The average molecular weight is 305 g/mol. The highest BCUT2D eigenvalue weighted by Crippen LogP contribution is 2.15. The van der Waals surface area contributed by atoms with Crippen molar-refractivity contribution in [3.8, 4) is 0 Å². The van der Waals surface area contributed by atoms with Crippen LogP contribution in [0.25, 0.3) is 0 Å². The molecular formula is C8H17ClN2O4S2. The van der Waals surface area contributed by atoms with Gasteiger partial charge in [0.15, 0.2) is 0 Å². The van der Waals surface area contributed by atoms with E-state index >= 15 is 0 Å². The second kappa shape index (κ2) is 5.83. The number of hydrogen-bond donors (Lipinski definition) is 1. The Balaban J connectivity index is 2.52. The lowest BCUT2D eigenvalue weighted by Crippen LogP contribution is -2.46. The van der Waals surface area contributed by atoms with E-state index in [0.29, 0.717) is 25.9 Å². The molecule has 0 radical (unpaired) electrons. The summed E-state index contributed by atoms with van der Waals surface area (Å²) >= 11 is 5.35. The molecule has 1 aliphatic heterocycles. The van der Waals surface area contributed by atoms with Crippen LogP contribution in [0, 0.1) is 0 Å². The van der Waals surface area contributed by atoms with Gasteiger partial charge in [-0.25, -0.2) is 25.9 Å². The largest absolute Gasteiger partial charge is 0.228 e. The van der Waals surface area contributed by atoms with Crippen LogP contribution >= 0.6 is 11.6 Å². The first-order valence-corrected chi connectivity index (χ1v) is 9.14. The van der Waals surface area contributed by atoms with Crippen molar-refractivity contribution in [3.05, 3.63) is 0 Å². The van der Waals surface area contributed by atoms with E-state index in [4.69, 9.17) is 11.6 Å². The molecule has 6 nitrogen and oxygen atoms in total. The molecule has 0 aromatic carbocycles. The molecule has 1 fully saturated rings. The summed E-state index contributed by atoms with van der Waals surface area (Å²) in [4.78, 5) is 0. The minimum absolute atomic E-state index is 0.0349. The molecule has 1 N–H and O–H groups in total. The van der Waals surface area contributed by atoms with Crippen LogP contribution in [0.1, 0.15) is 19.8 Å². The van der Waals surface area contributed by atoms with Crippen LogP contribution in [0.15, 0.2) is 0 Å². The molecule has 1 heterocycles. The van der Waals surface area contributed by atoms with Gasteiger partial charge in [0.1, 0.15) is 5.21 Å². The smallest absolute Gasteiger partial charge is 0.212 e. The second-order valence-corrected chi connectivity index (χ2v) is 8.51. The maximum absolute atomic E-state index is 11.5. The summed E-state index contributed by atoms with van der Waals surface area (Å²) in [5, 5.41) is -0.432. The summed E-state index contributed by atoms with van der Waals surface area (Å²) < 4.78 is 49.4. The topological polar surface area (TPSA) is 83.6 Å². The maximum atomic E-state index is 11.5. The normalized spacial score (nSPS) is 20.6. The molecule has 0 aromatic rings. The standard InChI is InChI=1S/C8H17ClN2O4S2/c1-2-16(12,13)10-8-3-5-11(6-4-8)17(14,15)7-9/h8,10H,2-7H2,1H3. The van der Waals surface area contributed by atoms with E-state index in [1.807, 2.05) is 0 Å². The van der Waals surface area contributed by atoms with E-state index in [2.05, 4.69) is 4.72 Å². The number of hydrogen-bond acceptors (Lipinski definition) is 4. The zero-order valence-corrected chi connectivity index (χ0v) is 12.0. The molecule has 0 spiro atoms. The molecular weight excluding hydrogens is 288 g/mol. The highest BCUT2D eigenvalue weighted by molar-refractivity contribution is 7.90. The van der Waals surface area contributed by atoms with Gasteiger partial charge in [-0.3, -0.25) is 0 Å². The van der Waals surface area contributed by atoms with Gasteiger partial charge >= 0.3 is 0 Å². The lowest BCUT2D eigenvalue weighted by atomic mass is 10.1. The summed E-state index contributed by atoms with van der Waals surface area (Å²) in [6.07, 6.45) is 0.963. The van der Waals surface area contributed by atoms with Gasteiger partial charge in [0.05, 0.1) is 5.75 Å². The van der Waals surface area contributed by atoms with Crippen molar-refractivity contribution in [2.75, 3.05) is 24.1 Å². The van der Waals surface area contributed by atoms with Crippen molar-refractivity contribution in [1.29, 1.82) is 0 Å². The Morgan fingerprint density at radius 2 is 1.76 bits per heavy atom. The lowest BCUT2D eigenvalue weighted by molar-refractivity contribution is 0.310. The molecule has 102 valence electrons. The van der Waals surface area contributed by atoms with E-state index in [9.17, 15) is 16.8 Å². The molecule has 0 aliphatic carbocycles. The fourth-order valence-corrected chi connectivity index (χ4v) is 3.89. The molecule has 9 heteroatoms. The van der Waals surface area contributed by atoms with Crippen LogP contribution in [0.4, 0.5) is 0 Å². The van der Waals surface area contributed by atoms with Gasteiger partial charge in [-0.2, -0.15) is 0 Å². The number of nitrogens with zero attached hydrogens (tertiary/aromatic N) is 1. The first kappa shape index (κ1) is 15.2. The third kappa shape index (κ3) is 4.36. The Bertz CT molecular complexity index is 440. The molecule has 0 atom stereocenters. The van der Waals surface area contributed by atoms with Gasteiger partial charge in [0.2, 0.25) is 20.0 Å². The van der Waals surface area contributed by atoms with E-state index in [1.54, 1.807) is 6.92 Å². The molecule has 0 aromatic heterocycles. The number of halogens is 1. The van der Waals surface area contributed by atoms with Crippen molar-refractivity contribution < 1.29 is 16.8 Å². The average Bonchev–Trinajstić information content (AvgIpc) is 2.29. The Labute approximate surface area is 107 Å². The van der Waals surface area contributed by atoms with Crippen LogP contribution in [0.5, 0.6) is 0 Å². The lowest BCUT2D eigenvalue weighted by Gasteiger charge is -2.30. The van der Waals surface area contributed by atoms with E-state index in [-0.39, 0.29) is 11.8 Å². The molecule has 0 bridgehead atoms. The fourth-order valence-electron chi connectivity index (χ4n) is 1.66. The molecule has 0 saturated carbocycles. The minimum atomic E-state index is -3.37. The first-order valence-electron chi connectivity index (χ1n) is 5.34. The van der Waals surface area contributed by atoms with Crippen molar-refractivity contribution >= 4 is 31.6 Å². The number of alkyl halides is 1. The fraction of sp³-hybridized carbons (Fsp3) is 1.00. The quantitative estimate of drug-likeness (QED) is 0.720. The Hall–Kier alpha value is 0.110. The summed E-state index contributed by atoms with van der Waals surface area (Å²) in [6, 6.07) is -0.179. The van der Waals surface area contributed by atoms with Gasteiger partial charge in [0.25, 0.3) is 0 Å².